The summed E-state index contributed by atoms with van der Waals surface area (Å²) in [6, 6.07) is 0. The van der Waals surface area contributed by atoms with Crippen molar-refractivity contribution in [3.05, 3.63) is 18.3 Å². The van der Waals surface area contributed by atoms with Crippen molar-refractivity contribution in [1.29, 1.82) is 0 Å². The van der Waals surface area contributed by atoms with Crippen molar-refractivity contribution in [2.45, 2.75) is 6.54 Å². The molecule has 0 radical (unpaired) electrons. The van der Waals surface area contributed by atoms with E-state index in [9.17, 15) is 0 Å². The molecule has 0 aromatic carbocycles. The van der Waals surface area contributed by atoms with Gasteiger partial charge in [-0.3, -0.25) is 0 Å². The number of aromatic nitrogens is 6. The van der Waals surface area contributed by atoms with Crippen LogP contribution in [0.25, 0.3) is 0 Å². The van der Waals surface area contributed by atoms with Crippen molar-refractivity contribution in [3.8, 4) is 0 Å². The summed E-state index contributed by atoms with van der Waals surface area (Å²) in [6.45, 7) is 0.528. The lowest BCUT2D eigenvalue weighted by Gasteiger charge is -1.98. The average molecular weight is 179 g/mol. The van der Waals surface area contributed by atoms with Gasteiger partial charge < -0.3 is 10.3 Å². The van der Waals surface area contributed by atoms with Gasteiger partial charge in [0.2, 0.25) is 0 Å². The Morgan fingerprint density at radius 2 is 2.31 bits per heavy atom. The van der Waals surface area contributed by atoms with Gasteiger partial charge in [0, 0.05) is 7.05 Å². The standard InChI is InChI=1S/C6H9N7/c1-12-4-8-10-6(12)3-13-2-5(7)9-11-13/h2,4H,3,7H2,1H3. The summed E-state index contributed by atoms with van der Waals surface area (Å²) in [6.07, 6.45) is 3.28. The van der Waals surface area contributed by atoms with Crippen molar-refractivity contribution in [3.63, 3.8) is 0 Å². The quantitative estimate of drug-likeness (QED) is 0.641. The SMILES string of the molecule is Cn1cnnc1Cn1cc(N)nn1. The predicted molar refractivity (Wildman–Crippen MR) is 44.5 cm³/mol. The van der Waals surface area contributed by atoms with Crippen molar-refractivity contribution in [1.82, 2.24) is 29.8 Å². The first-order valence-corrected chi connectivity index (χ1v) is 3.74. The molecule has 0 unspecified atom stereocenters. The lowest BCUT2D eigenvalue weighted by atomic mass is 10.6. The second kappa shape index (κ2) is 2.85. The fraction of sp³-hybridized carbons (Fsp3) is 0.333. The van der Waals surface area contributed by atoms with Crippen LogP contribution in [0.1, 0.15) is 5.82 Å². The van der Waals surface area contributed by atoms with E-state index in [4.69, 9.17) is 5.73 Å². The Labute approximate surface area is 74.2 Å². The summed E-state index contributed by atoms with van der Waals surface area (Å²) in [4.78, 5) is 0. The van der Waals surface area contributed by atoms with Crippen molar-refractivity contribution in [2.75, 3.05) is 5.73 Å². The zero-order valence-corrected chi connectivity index (χ0v) is 7.12. The summed E-state index contributed by atoms with van der Waals surface area (Å²) in [5.74, 6) is 1.21. The maximum absolute atomic E-state index is 5.41. The van der Waals surface area contributed by atoms with Crippen LogP contribution in [0.15, 0.2) is 12.5 Å². The highest BCUT2D eigenvalue weighted by Gasteiger charge is 2.02. The van der Waals surface area contributed by atoms with Gasteiger partial charge in [0.15, 0.2) is 11.6 Å². The highest BCUT2D eigenvalue weighted by atomic mass is 15.4. The van der Waals surface area contributed by atoms with Gasteiger partial charge in [0.05, 0.1) is 6.20 Å². The van der Waals surface area contributed by atoms with Gasteiger partial charge in [-0.15, -0.1) is 15.3 Å². The lowest BCUT2D eigenvalue weighted by Crippen LogP contribution is -2.06. The molecule has 0 spiro atoms. The Morgan fingerprint density at radius 1 is 1.46 bits per heavy atom. The zero-order chi connectivity index (χ0) is 9.26. The molecule has 0 saturated heterocycles. The van der Waals surface area contributed by atoms with Gasteiger partial charge in [-0.1, -0.05) is 5.21 Å². The highest BCUT2D eigenvalue weighted by Crippen LogP contribution is 1.97. The molecule has 0 bridgehead atoms. The Hall–Kier alpha value is -1.92. The summed E-state index contributed by atoms with van der Waals surface area (Å²) < 4.78 is 3.43. The largest absolute Gasteiger partial charge is 0.381 e. The Bertz CT molecular complexity index is 401. The van der Waals surface area contributed by atoms with Crippen LogP contribution in [-0.4, -0.2) is 29.8 Å². The maximum Gasteiger partial charge on any atom is 0.165 e. The van der Waals surface area contributed by atoms with Crippen LogP contribution in [0.3, 0.4) is 0 Å². The molecule has 0 atom stereocenters. The van der Waals surface area contributed by atoms with Crippen LogP contribution in [0.2, 0.25) is 0 Å². The van der Waals surface area contributed by atoms with E-state index in [0.29, 0.717) is 12.4 Å². The molecule has 0 aliphatic heterocycles. The predicted octanol–water partition coefficient (Wildman–Crippen LogP) is -0.963. The van der Waals surface area contributed by atoms with Crippen molar-refractivity contribution < 1.29 is 0 Å². The van der Waals surface area contributed by atoms with Crippen LogP contribution in [-0.2, 0) is 13.6 Å². The molecule has 68 valence electrons. The van der Waals surface area contributed by atoms with Crippen LogP contribution in [0.5, 0.6) is 0 Å². The smallest absolute Gasteiger partial charge is 0.165 e. The minimum Gasteiger partial charge on any atom is -0.381 e. The van der Waals surface area contributed by atoms with E-state index in [-0.39, 0.29) is 0 Å². The molecule has 0 amide bonds. The molecule has 2 heterocycles. The summed E-state index contributed by atoms with van der Waals surface area (Å²) in [5, 5.41) is 15.1. The van der Waals surface area contributed by atoms with Crippen LogP contribution < -0.4 is 5.73 Å². The molecule has 7 nitrogen and oxygen atoms in total. The number of hydrogen-bond donors (Lipinski definition) is 1. The van der Waals surface area contributed by atoms with E-state index >= 15 is 0 Å². The van der Waals surface area contributed by atoms with Crippen LogP contribution in [0.4, 0.5) is 5.82 Å². The molecular formula is C6H9N7. The van der Waals surface area contributed by atoms with Crippen LogP contribution in [0, 0.1) is 0 Å². The van der Waals surface area contributed by atoms with Gasteiger partial charge in [-0.05, 0) is 0 Å². The van der Waals surface area contributed by atoms with E-state index in [1.807, 2.05) is 11.6 Å². The third kappa shape index (κ3) is 1.48. The molecule has 7 heteroatoms. The van der Waals surface area contributed by atoms with Gasteiger partial charge in [0.25, 0.3) is 0 Å². The fourth-order valence-electron chi connectivity index (χ4n) is 0.986. The monoisotopic (exact) mass is 179 g/mol. The number of nitrogen functional groups attached to an aromatic ring is 1. The molecule has 2 aromatic heterocycles. The summed E-state index contributed by atoms with van der Waals surface area (Å²) in [7, 11) is 1.87. The first kappa shape index (κ1) is 7.71. The first-order chi connectivity index (χ1) is 6.25. The summed E-state index contributed by atoms with van der Waals surface area (Å²) >= 11 is 0. The minimum absolute atomic E-state index is 0.405. The third-order valence-corrected chi connectivity index (χ3v) is 1.66. The van der Waals surface area contributed by atoms with Gasteiger partial charge in [-0.25, -0.2) is 4.68 Å². The van der Waals surface area contributed by atoms with E-state index in [0.717, 1.165) is 5.82 Å². The highest BCUT2D eigenvalue weighted by molar-refractivity contribution is 5.20. The number of nitrogens with two attached hydrogens (primary N) is 1. The maximum atomic E-state index is 5.41. The minimum atomic E-state index is 0.405. The molecule has 0 aliphatic rings. The number of aryl methyl sites for hydroxylation is 1. The van der Waals surface area contributed by atoms with E-state index in [2.05, 4.69) is 20.5 Å². The third-order valence-electron chi connectivity index (χ3n) is 1.66. The molecule has 2 N–H and O–H groups in total. The van der Waals surface area contributed by atoms with Gasteiger partial charge in [0.1, 0.15) is 12.9 Å². The number of nitrogens with zero attached hydrogens (tertiary/aromatic N) is 6. The van der Waals surface area contributed by atoms with Crippen molar-refractivity contribution >= 4 is 5.82 Å². The molecule has 13 heavy (non-hydrogen) atoms. The number of rotatable bonds is 2. The lowest BCUT2D eigenvalue weighted by molar-refractivity contribution is 0.605. The van der Waals surface area contributed by atoms with E-state index in [1.54, 1.807) is 17.2 Å². The normalized spacial score (nSPS) is 10.5. The second-order valence-corrected chi connectivity index (χ2v) is 2.70. The Kier molecular flexibility index (Phi) is 1.69. The van der Waals surface area contributed by atoms with E-state index < -0.39 is 0 Å². The van der Waals surface area contributed by atoms with E-state index in [1.165, 1.54) is 0 Å². The zero-order valence-electron chi connectivity index (χ0n) is 7.12. The molecule has 0 saturated carbocycles. The number of anilines is 1. The Balaban J connectivity index is 2.19. The average Bonchev–Trinajstić information content (AvgIpc) is 2.64. The topological polar surface area (TPSA) is 87.4 Å². The molecule has 0 fully saturated rings. The number of hydrogen-bond acceptors (Lipinski definition) is 5. The molecule has 0 aliphatic carbocycles. The molecular weight excluding hydrogens is 170 g/mol. The molecule has 2 rings (SSSR count). The fourth-order valence-corrected chi connectivity index (χ4v) is 0.986. The van der Waals surface area contributed by atoms with Crippen LogP contribution >= 0.6 is 0 Å². The second-order valence-electron chi connectivity index (χ2n) is 2.70. The van der Waals surface area contributed by atoms with Gasteiger partial charge in [-0.2, -0.15) is 0 Å². The van der Waals surface area contributed by atoms with Crippen molar-refractivity contribution in [2.24, 2.45) is 7.05 Å². The molecule has 2 aromatic rings. The van der Waals surface area contributed by atoms with Gasteiger partial charge >= 0.3 is 0 Å². The summed E-state index contributed by atoms with van der Waals surface area (Å²) in [5.41, 5.74) is 5.41. The Morgan fingerprint density at radius 3 is 2.85 bits per heavy atom. The first-order valence-electron chi connectivity index (χ1n) is 3.74.